The van der Waals surface area contributed by atoms with Gasteiger partial charge in [0, 0.05) is 6.54 Å². The fourth-order valence-corrected chi connectivity index (χ4v) is 2.61. The summed E-state index contributed by atoms with van der Waals surface area (Å²) in [5.74, 6) is 1.67. The molecule has 2 rings (SSSR count). The van der Waals surface area contributed by atoms with Gasteiger partial charge in [-0.25, -0.2) is 0 Å². The average molecular weight is 241 g/mol. The maximum atomic E-state index is 9.79. The lowest BCUT2D eigenvalue weighted by Crippen LogP contribution is -2.34. The summed E-state index contributed by atoms with van der Waals surface area (Å²) in [5.41, 5.74) is 0. The summed E-state index contributed by atoms with van der Waals surface area (Å²) in [5, 5.41) is 13.1. The van der Waals surface area contributed by atoms with Crippen molar-refractivity contribution < 1.29 is 9.84 Å². The Bertz CT molecular complexity index is 218. The maximum absolute atomic E-state index is 9.79. The standard InChI is InChI=1S/C14H27NO2/c1-11-3-2-4-14(7-11)17-10-13(16)9-15-8-12-5-6-12/h11-16H,2-10H2,1H3. The molecule has 2 saturated carbocycles. The molecule has 3 nitrogen and oxygen atoms in total. The van der Waals surface area contributed by atoms with Gasteiger partial charge in [0.05, 0.1) is 18.8 Å². The number of nitrogens with one attached hydrogen (secondary N) is 1. The lowest BCUT2D eigenvalue weighted by Gasteiger charge is -2.27. The zero-order chi connectivity index (χ0) is 12.1. The lowest BCUT2D eigenvalue weighted by atomic mass is 9.89. The Morgan fingerprint density at radius 1 is 1.29 bits per heavy atom. The summed E-state index contributed by atoms with van der Waals surface area (Å²) in [6.07, 6.45) is 7.73. The number of aliphatic hydroxyl groups is 1. The zero-order valence-corrected chi connectivity index (χ0v) is 11.0. The van der Waals surface area contributed by atoms with Crippen LogP contribution in [0.5, 0.6) is 0 Å². The molecular weight excluding hydrogens is 214 g/mol. The van der Waals surface area contributed by atoms with Gasteiger partial charge in [0.2, 0.25) is 0 Å². The van der Waals surface area contributed by atoms with Crippen LogP contribution in [0.2, 0.25) is 0 Å². The molecule has 0 bridgehead atoms. The van der Waals surface area contributed by atoms with Crippen LogP contribution >= 0.6 is 0 Å². The largest absolute Gasteiger partial charge is 0.389 e. The van der Waals surface area contributed by atoms with Gasteiger partial charge in [-0.05, 0) is 44.1 Å². The predicted octanol–water partition coefficient (Wildman–Crippen LogP) is 1.94. The van der Waals surface area contributed by atoms with Crippen LogP contribution < -0.4 is 5.32 Å². The quantitative estimate of drug-likeness (QED) is 0.716. The lowest BCUT2D eigenvalue weighted by molar-refractivity contribution is -0.0306. The van der Waals surface area contributed by atoms with Crippen molar-refractivity contribution in [1.82, 2.24) is 5.32 Å². The first-order valence-corrected chi connectivity index (χ1v) is 7.24. The molecule has 0 aromatic carbocycles. The second kappa shape index (κ2) is 6.72. The van der Waals surface area contributed by atoms with Crippen LogP contribution in [-0.2, 0) is 4.74 Å². The molecule has 2 fully saturated rings. The van der Waals surface area contributed by atoms with Crippen molar-refractivity contribution in [3.63, 3.8) is 0 Å². The Labute approximate surface area is 105 Å². The molecule has 0 saturated heterocycles. The average Bonchev–Trinajstić information content (AvgIpc) is 3.11. The molecule has 3 heteroatoms. The molecule has 0 radical (unpaired) electrons. The minimum atomic E-state index is -0.342. The van der Waals surface area contributed by atoms with E-state index in [-0.39, 0.29) is 6.10 Å². The minimum Gasteiger partial charge on any atom is -0.389 e. The van der Waals surface area contributed by atoms with Crippen LogP contribution in [-0.4, -0.2) is 37.0 Å². The molecule has 0 aromatic rings. The molecule has 0 heterocycles. The molecule has 2 aliphatic rings. The van der Waals surface area contributed by atoms with Crippen molar-refractivity contribution in [3.8, 4) is 0 Å². The third-order valence-electron chi connectivity index (χ3n) is 3.92. The van der Waals surface area contributed by atoms with Crippen molar-refractivity contribution in [2.45, 2.75) is 57.7 Å². The minimum absolute atomic E-state index is 0.342. The Morgan fingerprint density at radius 2 is 2.12 bits per heavy atom. The van der Waals surface area contributed by atoms with E-state index in [1.54, 1.807) is 0 Å². The summed E-state index contributed by atoms with van der Waals surface area (Å²) >= 11 is 0. The highest BCUT2D eigenvalue weighted by Crippen LogP contribution is 2.27. The van der Waals surface area contributed by atoms with Crippen molar-refractivity contribution >= 4 is 0 Å². The molecule has 0 amide bonds. The van der Waals surface area contributed by atoms with E-state index in [1.165, 1.54) is 38.5 Å². The van der Waals surface area contributed by atoms with Crippen molar-refractivity contribution in [2.24, 2.45) is 11.8 Å². The summed E-state index contributed by atoms with van der Waals surface area (Å²) in [6.45, 7) is 4.54. The molecule has 0 aliphatic heterocycles. The summed E-state index contributed by atoms with van der Waals surface area (Å²) in [6, 6.07) is 0. The molecule has 17 heavy (non-hydrogen) atoms. The highest BCUT2D eigenvalue weighted by atomic mass is 16.5. The van der Waals surface area contributed by atoms with Crippen LogP contribution in [0.4, 0.5) is 0 Å². The van der Waals surface area contributed by atoms with Crippen molar-refractivity contribution in [3.05, 3.63) is 0 Å². The molecule has 0 spiro atoms. The smallest absolute Gasteiger partial charge is 0.0897 e. The SMILES string of the molecule is CC1CCCC(OCC(O)CNCC2CC2)C1. The highest BCUT2D eigenvalue weighted by molar-refractivity contribution is 4.76. The van der Waals surface area contributed by atoms with Gasteiger partial charge in [0.25, 0.3) is 0 Å². The highest BCUT2D eigenvalue weighted by Gasteiger charge is 2.22. The third-order valence-corrected chi connectivity index (χ3v) is 3.92. The van der Waals surface area contributed by atoms with Gasteiger partial charge in [-0.3, -0.25) is 0 Å². The first-order chi connectivity index (χ1) is 8.24. The number of aliphatic hydroxyl groups excluding tert-OH is 1. The van der Waals surface area contributed by atoms with Gasteiger partial charge in [-0.15, -0.1) is 0 Å². The molecular formula is C14H27NO2. The number of ether oxygens (including phenoxy) is 1. The molecule has 3 unspecified atom stereocenters. The van der Waals surface area contributed by atoms with Crippen LogP contribution in [0.3, 0.4) is 0 Å². The Morgan fingerprint density at radius 3 is 2.82 bits per heavy atom. The van der Waals surface area contributed by atoms with E-state index in [0.717, 1.165) is 18.4 Å². The summed E-state index contributed by atoms with van der Waals surface area (Å²) in [4.78, 5) is 0. The zero-order valence-electron chi connectivity index (χ0n) is 11.0. The van der Waals surface area contributed by atoms with Crippen molar-refractivity contribution in [2.75, 3.05) is 19.7 Å². The first kappa shape index (κ1) is 13.3. The normalized spacial score (nSPS) is 31.4. The topological polar surface area (TPSA) is 41.5 Å². The van der Waals surface area contributed by atoms with Gasteiger partial charge in [0.15, 0.2) is 0 Å². The Hall–Kier alpha value is -0.120. The van der Waals surface area contributed by atoms with Crippen LogP contribution in [0.25, 0.3) is 0 Å². The van der Waals surface area contributed by atoms with E-state index in [9.17, 15) is 5.11 Å². The van der Waals surface area contributed by atoms with Gasteiger partial charge in [-0.2, -0.15) is 0 Å². The van der Waals surface area contributed by atoms with E-state index < -0.39 is 0 Å². The van der Waals surface area contributed by atoms with E-state index in [4.69, 9.17) is 4.74 Å². The van der Waals surface area contributed by atoms with Crippen LogP contribution in [0, 0.1) is 11.8 Å². The molecule has 0 aromatic heterocycles. The number of rotatable bonds is 7. The van der Waals surface area contributed by atoms with Crippen molar-refractivity contribution in [1.29, 1.82) is 0 Å². The third kappa shape index (κ3) is 5.36. The van der Waals surface area contributed by atoms with Crippen LogP contribution in [0.15, 0.2) is 0 Å². The molecule has 100 valence electrons. The fourth-order valence-electron chi connectivity index (χ4n) is 2.61. The number of hydrogen-bond donors (Lipinski definition) is 2. The van der Waals surface area contributed by atoms with Gasteiger partial charge < -0.3 is 15.2 Å². The predicted molar refractivity (Wildman–Crippen MR) is 69.0 cm³/mol. The molecule has 3 atom stereocenters. The molecule has 2 N–H and O–H groups in total. The fraction of sp³-hybridized carbons (Fsp3) is 1.00. The van der Waals surface area contributed by atoms with E-state index in [1.807, 2.05) is 0 Å². The van der Waals surface area contributed by atoms with E-state index in [0.29, 0.717) is 19.3 Å². The Balaban J connectivity index is 1.50. The van der Waals surface area contributed by atoms with Gasteiger partial charge in [-0.1, -0.05) is 19.8 Å². The second-order valence-electron chi connectivity index (χ2n) is 5.98. The monoisotopic (exact) mass is 241 g/mol. The maximum Gasteiger partial charge on any atom is 0.0897 e. The van der Waals surface area contributed by atoms with Gasteiger partial charge >= 0.3 is 0 Å². The summed E-state index contributed by atoms with van der Waals surface area (Å²) < 4.78 is 5.80. The van der Waals surface area contributed by atoms with Crippen LogP contribution in [0.1, 0.15) is 45.4 Å². The van der Waals surface area contributed by atoms with E-state index in [2.05, 4.69) is 12.2 Å². The first-order valence-electron chi connectivity index (χ1n) is 7.24. The second-order valence-corrected chi connectivity index (χ2v) is 5.98. The van der Waals surface area contributed by atoms with E-state index >= 15 is 0 Å². The number of hydrogen-bond acceptors (Lipinski definition) is 3. The molecule has 2 aliphatic carbocycles. The Kier molecular flexibility index (Phi) is 5.26. The van der Waals surface area contributed by atoms with Gasteiger partial charge in [0.1, 0.15) is 0 Å². The summed E-state index contributed by atoms with van der Waals surface area (Å²) in [7, 11) is 0.